The van der Waals surface area contributed by atoms with E-state index in [-0.39, 0.29) is 22.9 Å². The Morgan fingerprint density at radius 3 is 2.11 bits per heavy atom. The van der Waals surface area contributed by atoms with Crippen molar-refractivity contribution < 1.29 is 9.53 Å². The van der Waals surface area contributed by atoms with Gasteiger partial charge in [0.25, 0.3) is 0 Å². The predicted octanol–water partition coefficient (Wildman–Crippen LogP) is 4.96. The first-order valence-electron chi connectivity index (χ1n) is 7.85. The van der Waals surface area contributed by atoms with Crippen LogP contribution in [0.5, 0.6) is 0 Å². The Morgan fingerprint density at radius 2 is 1.63 bits per heavy atom. The van der Waals surface area contributed by atoms with Crippen molar-refractivity contribution in [2.75, 3.05) is 0 Å². The molecular weight excluding hydrogens is 236 g/mol. The summed E-state index contributed by atoms with van der Waals surface area (Å²) in [5.41, 5.74) is -0.128. The van der Waals surface area contributed by atoms with Gasteiger partial charge in [0, 0.05) is 0 Å². The maximum atomic E-state index is 12.3. The Bertz CT molecular complexity index is 293. The molecule has 0 radical (unpaired) electrons. The Kier molecular flexibility index (Phi) is 5.46. The molecule has 1 aliphatic carbocycles. The fourth-order valence-corrected chi connectivity index (χ4v) is 3.24. The third-order valence-electron chi connectivity index (χ3n) is 4.27. The van der Waals surface area contributed by atoms with Gasteiger partial charge in [-0.2, -0.15) is 0 Å². The molecule has 0 heterocycles. The summed E-state index contributed by atoms with van der Waals surface area (Å²) in [5.74, 6) is 0.500. The molecule has 1 rings (SSSR count). The lowest BCUT2D eigenvalue weighted by atomic mass is 9.78. The van der Waals surface area contributed by atoms with E-state index in [4.69, 9.17) is 4.74 Å². The van der Waals surface area contributed by atoms with Crippen LogP contribution in [0.3, 0.4) is 0 Å². The molecule has 0 aromatic rings. The minimum absolute atomic E-state index is 0.0112. The van der Waals surface area contributed by atoms with Crippen molar-refractivity contribution in [3.05, 3.63) is 0 Å². The van der Waals surface area contributed by atoms with Gasteiger partial charge in [0.05, 0.1) is 5.92 Å². The van der Waals surface area contributed by atoms with Crippen LogP contribution in [-0.4, -0.2) is 11.6 Å². The van der Waals surface area contributed by atoms with E-state index in [2.05, 4.69) is 34.6 Å². The fourth-order valence-electron chi connectivity index (χ4n) is 3.24. The minimum atomic E-state index is -0.302. The minimum Gasteiger partial charge on any atom is -0.459 e. The lowest BCUT2D eigenvalue weighted by Crippen LogP contribution is -2.39. The van der Waals surface area contributed by atoms with Crippen molar-refractivity contribution in [1.29, 1.82) is 0 Å². The maximum Gasteiger partial charge on any atom is 0.309 e. The topological polar surface area (TPSA) is 26.3 Å². The van der Waals surface area contributed by atoms with E-state index in [0.29, 0.717) is 5.92 Å². The summed E-state index contributed by atoms with van der Waals surface area (Å²) in [7, 11) is 0. The number of ether oxygens (including phenoxy) is 1. The molecule has 1 unspecified atom stereocenters. The first-order valence-corrected chi connectivity index (χ1v) is 7.85. The highest BCUT2D eigenvalue weighted by Gasteiger charge is 2.35. The molecule has 1 saturated carbocycles. The lowest BCUT2D eigenvalue weighted by Gasteiger charge is -2.37. The quantitative estimate of drug-likeness (QED) is 0.673. The first kappa shape index (κ1) is 16.5. The number of carbonyl (C=O) groups excluding carboxylic acids is 1. The van der Waals surface area contributed by atoms with Crippen LogP contribution in [0.2, 0.25) is 0 Å². The average Bonchev–Trinajstić information content (AvgIpc) is 2.27. The highest BCUT2D eigenvalue weighted by molar-refractivity contribution is 5.72. The van der Waals surface area contributed by atoms with Crippen molar-refractivity contribution in [2.24, 2.45) is 17.3 Å². The van der Waals surface area contributed by atoms with Gasteiger partial charge in [-0.1, -0.05) is 47.0 Å². The van der Waals surface area contributed by atoms with Gasteiger partial charge in [-0.25, -0.2) is 0 Å². The zero-order valence-corrected chi connectivity index (χ0v) is 13.7. The second kappa shape index (κ2) is 6.28. The summed E-state index contributed by atoms with van der Waals surface area (Å²) in [6.07, 6.45) is 7.18. The molecular formula is C17H32O2. The molecule has 2 nitrogen and oxygen atoms in total. The van der Waals surface area contributed by atoms with Crippen LogP contribution in [0.15, 0.2) is 0 Å². The van der Waals surface area contributed by atoms with Crippen LogP contribution in [0.1, 0.15) is 80.1 Å². The van der Waals surface area contributed by atoms with E-state index in [1.54, 1.807) is 0 Å². The van der Waals surface area contributed by atoms with Gasteiger partial charge in [0.2, 0.25) is 0 Å². The Labute approximate surface area is 119 Å². The Morgan fingerprint density at radius 1 is 1.11 bits per heavy atom. The number of rotatable bonds is 4. The van der Waals surface area contributed by atoms with E-state index >= 15 is 0 Å². The monoisotopic (exact) mass is 268 g/mol. The summed E-state index contributed by atoms with van der Waals surface area (Å²) in [5, 5.41) is 0. The molecule has 0 aromatic carbocycles. The summed E-state index contributed by atoms with van der Waals surface area (Å²) >= 11 is 0. The van der Waals surface area contributed by atoms with Crippen LogP contribution >= 0.6 is 0 Å². The normalized spacial score (nSPS) is 20.1. The van der Waals surface area contributed by atoms with E-state index in [0.717, 1.165) is 6.42 Å². The molecule has 0 N–H and O–H groups in total. The number of hydrogen-bond donors (Lipinski definition) is 0. The first-order chi connectivity index (χ1) is 8.62. The third-order valence-corrected chi connectivity index (χ3v) is 4.27. The van der Waals surface area contributed by atoms with Crippen molar-refractivity contribution in [3.63, 3.8) is 0 Å². The zero-order chi connectivity index (χ0) is 14.7. The second-order valence-corrected chi connectivity index (χ2v) is 8.03. The lowest BCUT2D eigenvalue weighted by molar-refractivity contribution is -0.168. The van der Waals surface area contributed by atoms with E-state index in [1.807, 2.05) is 6.92 Å². The third kappa shape index (κ3) is 5.54. The zero-order valence-electron chi connectivity index (χ0n) is 13.7. The highest BCUT2D eigenvalue weighted by Crippen LogP contribution is 2.36. The van der Waals surface area contributed by atoms with Gasteiger partial charge in [-0.15, -0.1) is 0 Å². The average molecular weight is 268 g/mol. The number of esters is 1. The van der Waals surface area contributed by atoms with E-state index in [9.17, 15) is 4.79 Å². The Balaban J connectivity index is 2.54. The van der Waals surface area contributed by atoms with Gasteiger partial charge in [-0.05, 0) is 44.4 Å². The van der Waals surface area contributed by atoms with Crippen LogP contribution in [0, 0.1) is 17.3 Å². The summed E-state index contributed by atoms with van der Waals surface area (Å²) in [6, 6.07) is 0. The molecule has 0 amide bonds. The van der Waals surface area contributed by atoms with Gasteiger partial charge in [-0.3, -0.25) is 4.79 Å². The highest BCUT2D eigenvalue weighted by atomic mass is 16.6. The van der Waals surface area contributed by atoms with Crippen LogP contribution in [-0.2, 0) is 9.53 Å². The number of carbonyl (C=O) groups is 1. The molecule has 1 atom stereocenters. The molecule has 19 heavy (non-hydrogen) atoms. The van der Waals surface area contributed by atoms with Crippen molar-refractivity contribution in [2.45, 2.75) is 85.7 Å². The molecule has 2 heteroatoms. The molecule has 0 saturated heterocycles. The van der Waals surface area contributed by atoms with Crippen molar-refractivity contribution in [3.8, 4) is 0 Å². The van der Waals surface area contributed by atoms with Crippen molar-refractivity contribution >= 4 is 5.97 Å². The van der Waals surface area contributed by atoms with Crippen LogP contribution in [0.25, 0.3) is 0 Å². The van der Waals surface area contributed by atoms with Crippen LogP contribution < -0.4 is 0 Å². The molecule has 0 aromatic heterocycles. The summed E-state index contributed by atoms with van der Waals surface area (Å²) in [4.78, 5) is 12.3. The standard InChI is InChI=1S/C17H32O2/c1-13(12-16(2,3)4)15(18)19-17(5,6)14-10-8-7-9-11-14/h13-14H,7-12H2,1-6H3. The van der Waals surface area contributed by atoms with Gasteiger partial charge in [0.15, 0.2) is 0 Å². The summed E-state index contributed by atoms with van der Waals surface area (Å²) < 4.78 is 5.85. The SMILES string of the molecule is CC(CC(C)(C)C)C(=O)OC(C)(C)C1CCCCC1. The molecule has 0 spiro atoms. The largest absolute Gasteiger partial charge is 0.459 e. The molecule has 112 valence electrons. The second-order valence-electron chi connectivity index (χ2n) is 8.03. The van der Waals surface area contributed by atoms with Gasteiger partial charge in [0.1, 0.15) is 5.60 Å². The predicted molar refractivity (Wildman–Crippen MR) is 80.0 cm³/mol. The van der Waals surface area contributed by atoms with E-state index in [1.165, 1.54) is 32.1 Å². The maximum absolute atomic E-state index is 12.3. The molecule has 0 bridgehead atoms. The molecule has 1 fully saturated rings. The van der Waals surface area contributed by atoms with Crippen molar-refractivity contribution in [1.82, 2.24) is 0 Å². The summed E-state index contributed by atoms with van der Waals surface area (Å²) in [6.45, 7) is 12.7. The molecule has 0 aliphatic heterocycles. The molecule has 1 aliphatic rings. The number of hydrogen-bond acceptors (Lipinski definition) is 2. The van der Waals surface area contributed by atoms with Gasteiger partial charge < -0.3 is 4.74 Å². The van der Waals surface area contributed by atoms with Crippen LogP contribution in [0.4, 0.5) is 0 Å². The smallest absolute Gasteiger partial charge is 0.309 e. The van der Waals surface area contributed by atoms with E-state index < -0.39 is 0 Å². The fraction of sp³-hybridized carbons (Fsp3) is 0.941. The van der Waals surface area contributed by atoms with Gasteiger partial charge >= 0.3 is 5.97 Å². The Hall–Kier alpha value is -0.530.